The van der Waals surface area contributed by atoms with E-state index in [0.717, 1.165) is 17.2 Å². The lowest BCUT2D eigenvalue weighted by Gasteiger charge is -2.31. The number of hydrogen-bond acceptors (Lipinski definition) is 2. The molecule has 3 heteroatoms. The highest BCUT2D eigenvalue weighted by molar-refractivity contribution is 7.16. The van der Waals surface area contributed by atoms with E-state index in [-0.39, 0.29) is 5.41 Å². The highest BCUT2D eigenvalue weighted by Crippen LogP contribution is 2.34. The summed E-state index contributed by atoms with van der Waals surface area (Å²) in [5.74, 6) is 0. The normalized spacial score (nSPS) is 14.4. The summed E-state index contributed by atoms with van der Waals surface area (Å²) in [6, 6.07) is 14.6. The zero-order valence-corrected chi connectivity index (χ0v) is 12.1. The van der Waals surface area contributed by atoms with Crippen LogP contribution in [-0.4, -0.2) is 6.54 Å². The fraction of sp³-hybridized carbons (Fsp3) is 0.333. The second-order valence-electron chi connectivity index (χ2n) is 4.59. The van der Waals surface area contributed by atoms with Gasteiger partial charge in [0.15, 0.2) is 0 Å². The molecule has 0 saturated heterocycles. The molecule has 1 aromatic heterocycles. The molecule has 0 amide bonds. The van der Waals surface area contributed by atoms with Gasteiger partial charge in [0.2, 0.25) is 0 Å². The lowest BCUT2D eigenvalue weighted by Crippen LogP contribution is -2.36. The molecule has 0 aliphatic rings. The Morgan fingerprint density at radius 3 is 2.39 bits per heavy atom. The van der Waals surface area contributed by atoms with Gasteiger partial charge in [0.1, 0.15) is 0 Å². The molecule has 1 unspecified atom stereocenters. The van der Waals surface area contributed by atoms with Gasteiger partial charge in [-0.15, -0.1) is 11.3 Å². The first-order chi connectivity index (χ1) is 8.70. The quantitative estimate of drug-likeness (QED) is 0.870. The Balaban J connectivity index is 2.32. The predicted octanol–water partition coefficient (Wildman–Crippen LogP) is 4.25. The van der Waals surface area contributed by atoms with Crippen molar-refractivity contribution in [3.05, 3.63) is 57.2 Å². The molecule has 2 rings (SSSR count). The summed E-state index contributed by atoms with van der Waals surface area (Å²) in [7, 11) is 0. The minimum atomic E-state index is 0.0233. The Kier molecular flexibility index (Phi) is 4.44. The zero-order valence-electron chi connectivity index (χ0n) is 10.5. The maximum atomic E-state index is 6.08. The number of halogens is 1. The van der Waals surface area contributed by atoms with Crippen LogP contribution in [0.25, 0.3) is 0 Å². The first-order valence-electron chi connectivity index (χ1n) is 6.20. The first kappa shape index (κ1) is 13.6. The van der Waals surface area contributed by atoms with Crippen molar-refractivity contribution >= 4 is 22.9 Å². The van der Waals surface area contributed by atoms with Gasteiger partial charge < -0.3 is 5.73 Å². The molecule has 0 aliphatic heterocycles. The molecular weight excluding hydrogens is 262 g/mol. The van der Waals surface area contributed by atoms with E-state index in [1.165, 1.54) is 10.4 Å². The van der Waals surface area contributed by atoms with Gasteiger partial charge in [-0.3, -0.25) is 0 Å². The second kappa shape index (κ2) is 5.87. The molecule has 2 N–H and O–H groups in total. The van der Waals surface area contributed by atoms with Crippen LogP contribution in [0.2, 0.25) is 4.34 Å². The molecule has 0 spiro atoms. The summed E-state index contributed by atoms with van der Waals surface area (Å²) in [6.07, 6.45) is 1.99. The van der Waals surface area contributed by atoms with Crippen LogP contribution in [0, 0.1) is 0 Å². The van der Waals surface area contributed by atoms with Crippen LogP contribution in [0.15, 0.2) is 42.5 Å². The van der Waals surface area contributed by atoms with Gasteiger partial charge in [0, 0.05) is 16.8 Å². The van der Waals surface area contributed by atoms with E-state index in [1.54, 1.807) is 11.3 Å². The number of nitrogens with two attached hydrogens (primary N) is 1. The van der Waals surface area contributed by atoms with E-state index >= 15 is 0 Å². The van der Waals surface area contributed by atoms with E-state index in [1.807, 2.05) is 12.1 Å². The van der Waals surface area contributed by atoms with Gasteiger partial charge in [0.25, 0.3) is 0 Å². The molecule has 1 aromatic carbocycles. The van der Waals surface area contributed by atoms with Crippen molar-refractivity contribution in [2.24, 2.45) is 5.73 Å². The SMILES string of the molecule is CCC(CN)(Cc1ccc(Cl)s1)c1ccccc1. The third kappa shape index (κ3) is 2.77. The number of hydrogen-bond donors (Lipinski definition) is 1. The molecular formula is C15H18ClNS. The molecule has 0 saturated carbocycles. The highest BCUT2D eigenvalue weighted by Gasteiger charge is 2.29. The maximum absolute atomic E-state index is 6.08. The van der Waals surface area contributed by atoms with Crippen LogP contribution in [0.5, 0.6) is 0 Å². The van der Waals surface area contributed by atoms with Gasteiger partial charge in [-0.05, 0) is 30.5 Å². The summed E-state index contributed by atoms with van der Waals surface area (Å²) in [4.78, 5) is 1.30. The van der Waals surface area contributed by atoms with Gasteiger partial charge >= 0.3 is 0 Å². The first-order valence-corrected chi connectivity index (χ1v) is 7.39. The molecule has 18 heavy (non-hydrogen) atoms. The second-order valence-corrected chi connectivity index (χ2v) is 6.39. The minimum absolute atomic E-state index is 0.0233. The molecule has 0 radical (unpaired) electrons. The van der Waals surface area contributed by atoms with Crippen molar-refractivity contribution in [1.29, 1.82) is 0 Å². The van der Waals surface area contributed by atoms with Gasteiger partial charge in [-0.25, -0.2) is 0 Å². The van der Waals surface area contributed by atoms with E-state index < -0.39 is 0 Å². The molecule has 1 atom stereocenters. The zero-order chi connectivity index (χ0) is 13.0. The van der Waals surface area contributed by atoms with E-state index in [9.17, 15) is 0 Å². The van der Waals surface area contributed by atoms with E-state index in [2.05, 4.69) is 37.3 Å². The lowest BCUT2D eigenvalue weighted by atomic mass is 9.75. The van der Waals surface area contributed by atoms with Crippen LogP contribution in [0.3, 0.4) is 0 Å². The fourth-order valence-electron chi connectivity index (χ4n) is 2.34. The Labute approximate surface area is 118 Å². The van der Waals surface area contributed by atoms with Crippen molar-refractivity contribution in [3.8, 4) is 0 Å². The summed E-state index contributed by atoms with van der Waals surface area (Å²) in [5, 5.41) is 0. The molecule has 0 aliphatic carbocycles. The largest absolute Gasteiger partial charge is 0.330 e. The molecule has 0 fully saturated rings. The molecule has 0 bridgehead atoms. The predicted molar refractivity (Wildman–Crippen MR) is 80.5 cm³/mol. The van der Waals surface area contributed by atoms with Crippen molar-refractivity contribution in [3.63, 3.8) is 0 Å². The smallest absolute Gasteiger partial charge is 0.0931 e. The van der Waals surface area contributed by atoms with Gasteiger partial charge in [-0.1, -0.05) is 48.9 Å². The number of rotatable bonds is 5. The number of thiophene rings is 1. The van der Waals surface area contributed by atoms with Crippen LogP contribution in [-0.2, 0) is 11.8 Å². The van der Waals surface area contributed by atoms with Crippen molar-refractivity contribution in [2.45, 2.75) is 25.2 Å². The van der Waals surface area contributed by atoms with Crippen molar-refractivity contribution in [1.82, 2.24) is 0 Å². The van der Waals surface area contributed by atoms with Crippen LogP contribution in [0.4, 0.5) is 0 Å². The summed E-state index contributed by atoms with van der Waals surface area (Å²) < 4.78 is 0.847. The molecule has 96 valence electrons. The van der Waals surface area contributed by atoms with Crippen LogP contribution >= 0.6 is 22.9 Å². The average Bonchev–Trinajstić information content (AvgIpc) is 2.82. The topological polar surface area (TPSA) is 26.0 Å². The van der Waals surface area contributed by atoms with Crippen LogP contribution in [0.1, 0.15) is 23.8 Å². The van der Waals surface area contributed by atoms with Crippen LogP contribution < -0.4 is 5.73 Å². The standard InChI is InChI=1S/C15H18ClNS/c1-2-15(11-17,12-6-4-3-5-7-12)10-13-8-9-14(16)18-13/h3-9H,2,10-11,17H2,1H3. The Morgan fingerprint density at radius 1 is 1.17 bits per heavy atom. The monoisotopic (exact) mass is 279 g/mol. The summed E-state index contributed by atoms with van der Waals surface area (Å²) in [5.41, 5.74) is 7.42. The van der Waals surface area contributed by atoms with E-state index in [4.69, 9.17) is 17.3 Å². The molecule has 1 nitrogen and oxygen atoms in total. The Bertz CT molecular complexity index is 488. The third-order valence-corrected chi connectivity index (χ3v) is 4.83. The summed E-state index contributed by atoms with van der Waals surface area (Å²) in [6.45, 7) is 2.86. The van der Waals surface area contributed by atoms with Crippen molar-refractivity contribution in [2.75, 3.05) is 6.54 Å². The Morgan fingerprint density at radius 2 is 1.89 bits per heavy atom. The highest BCUT2D eigenvalue weighted by atomic mass is 35.5. The maximum Gasteiger partial charge on any atom is 0.0931 e. The molecule has 2 aromatic rings. The number of benzene rings is 1. The minimum Gasteiger partial charge on any atom is -0.330 e. The molecule has 1 heterocycles. The summed E-state index contributed by atoms with van der Waals surface area (Å²) >= 11 is 7.66. The van der Waals surface area contributed by atoms with E-state index in [0.29, 0.717) is 6.54 Å². The average molecular weight is 280 g/mol. The lowest BCUT2D eigenvalue weighted by molar-refractivity contribution is 0.421. The Hall–Kier alpha value is -0.830. The van der Waals surface area contributed by atoms with Gasteiger partial charge in [0.05, 0.1) is 4.34 Å². The fourth-order valence-corrected chi connectivity index (χ4v) is 3.57. The van der Waals surface area contributed by atoms with Crippen molar-refractivity contribution < 1.29 is 0 Å². The van der Waals surface area contributed by atoms with Gasteiger partial charge in [-0.2, -0.15) is 0 Å². The third-order valence-electron chi connectivity index (χ3n) is 3.60.